The van der Waals surface area contributed by atoms with E-state index in [1.54, 1.807) is 0 Å². The zero-order valence-electron chi connectivity index (χ0n) is 12.7. The fourth-order valence-electron chi connectivity index (χ4n) is 1.71. The monoisotopic (exact) mass is 313 g/mol. The molecule has 22 heavy (non-hydrogen) atoms. The van der Waals surface area contributed by atoms with Crippen molar-refractivity contribution >= 4 is 11.8 Å². The number of carbonyl (C=O) groups excluding carboxylic acids is 2. The van der Waals surface area contributed by atoms with Gasteiger partial charge >= 0.3 is 0 Å². The van der Waals surface area contributed by atoms with Gasteiger partial charge in [-0.15, -0.1) is 0 Å². The van der Waals surface area contributed by atoms with Gasteiger partial charge in [0, 0.05) is 31.1 Å². The van der Waals surface area contributed by atoms with Gasteiger partial charge in [0.1, 0.15) is 11.6 Å². The molecule has 7 heteroatoms. The molecule has 0 saturated carbocycles. The Labute approximate surface area is 128 Å². The molecule has 0 aliphatic carbocycles. The van der Waals surface area contributed by atoms with Crippen LogP contribution < -0.4 is 16.4 Å². The molecule has 0 spiro atoms. The van der Waals surface area contributed by atoms with Crippen molar-refractivity contribution in [3.63, 3.8) is 0 Å². The van der Waals surface area contributed by atoms with Gasteiger partial charge in [0.2, 0.25) is 5.91 Å². The van der Waals surface area contributed by atoms with E-state index in [2.05, 4.69) is 10.6 Å². The summed E-state index contributed by atoms with van der Waals surface area (Å²) in [6.07, 6.45) is 0.622. The number of benzene rings is 1. The van der Waals surface area contributed by atoms with E-state index in [9.17, 15) is 18.4 Å². The first-order valence-electron chi connectivity index (χ1n) is 6.99. The van der Waals surface area contributed by atoms with E-state index in [-0.39, 0.29) is 24.4 Å². The first kappa shape index (κ1) is 18.0. The second-order valence-electron chi connectivity index (χ2n) is 5.62. The van der Waals surface area contributed by atoms with Gasteiger partial charge in [-0.3, -0.25) is 9.59 Å². The molecule has 5 nitrogen and oxygen atoms in total. The SMILES string of the molecule is CC(C)(CN)NC(=O)CCCNC(=O)c1ccc(F)cc1F. The average Bonchev–Trinajstić information content (AvgIpc) is 2.43. The van der Waals surface area contributed by atoms with Crippen molar-refractivity contribution in [2.24, 2.45) is 5.73 Å². The van der Waals surface area contributed by atoms with Crippen LogP contribution >= 0.6 is 0 Å². The fourth-order valence-corrected chi connectivity index (χ4v) is 1.71. The highest BCUT2D eigenvalue weighted by molar-refractivity contribution is 5.94. The quantitative estimate of drug-likeness (QED) is 0.664. The molecule has 1 rings (SSSR count). The van der Waals surface area contributed by atoms with Crippen molar-refractivity contribution in [3.05, 3.63) is 35.4 Å². The molecule has 0 aliphatic heterocycles. The zero-order chi connectivity index (χ0) is 16.8. The molecule has 122 valence electrons. The second-order valence-corrected chi connectivity index (χ2v) is 5.62. The van der Waals surface area contributed by atoms with E-state index in [4.69, 9.17) is 5.73 Å². The number of carbonyl (C=O) groups is 2. The maximum absolute atomic E-state index is 13.4. The maximum atomic E-state index is 13.4. The van der Waals surface area contributed by atoms with E-state index in [0.29, 0.717) is 19.0 Å². The van der Waals surface area contributed by atoms with E-state index in [1.807, 2.05) is 13.8 Å². The van der Waals surface area contributed by atoms with Gasteiger partial charge in [0.05, 0.1) is 5.56 Å². The number of nitrogens with one attached hydrogen (secondary N) is 2. The largest absolute Gasteiger partial charge is 0.352 e. The van der Waals surface area contributed by atoms with Crippen LogP contribution in [0.1, 0.15) is 37.0 Å². The Morgan fingerprint density at radius 3 is 2.55 bits per heavy atom. The highest BCUT2D eigenvalue weighted by Crippen LogP contribution is 2.09. The Bertz CT molecular complexity index is 548. The van der Waals surface area contributed by atoms with Gasteiger partial charge in [0.15, 0.2) is 0 Å². The lowest BCUT2D eigenvalue weighted by molar-refractivity contribution is -0.122. The van der Waals surface area contributed by atoms with Crippen LogP contribution in [0.3, 0.4) is 0 Å². The Balaban J connectivity index is 2.35. The Kier molecular flexibility index (Phi) is 6.42. The predicted molar refractivity (Wildman–Crippen MR) is 79.2 cm³/mol. The van der Waals surface area contributed by atoms with Crippen LogP contribution in [0.4, 0.5) is 8.78 Å². The molecule has 0 bridgehead atoms. The van der Waals surface area contributed by atoms with Crippen LogP contribution in [0, 0.1) is 11.6 Å². The van der Waals surface area contributed by atoms with Crippen molar-refractivity contribution in [2.75, 3.05) is 13.1 Å². The van der Waals surface area contributed by atoms with Crippen LogP contribution in [-0.4, -0.2) is 30.4 Å². The number of rotatable bonds is 7. The average molecular weight is 313 g/mol. The number of amides is 2. The highest BCUT2D eigenvalue weighted by Gasteiger charge is 2.18. The molecule has 0 unspecified atom stereocenters. The molecule has 0 aliphatic rings. The minimum Gasteiger partial charge on any atom is -0.352 e. The second kappa shape index (κ2) is 7.84. The minimum atomic E-state index is -0.917. The third-order valence-corrected chi connectivity index (χ3v) is 3.03. The summed E-state index contributed by atoms with van der Waals surface area (Å²) in [5.74, 6) is -2.47. The molecule has 0 atom stereocenters. The maximum Gasteiger partial charge on any atom is 0.254 e. The molecule has 0 fully saturated rings. The summed E-state index contributed by atoms with van der Waals surface area (Å²) in [7, 11) is 0. The predicted octanol–water partition coefficient (Wildman–Crippen LogP) is 1.33. The number of halogens is 2. The van der Waals surface area contributed by atoms with Crippen molar-refractivity contribution < 1.29 is 18.4 Å². The number of hydrogen-bond donors (Lipinski definition) is 3. The van der Waals surface area contributed by atoms with E-state index in [1.165, 1.54) is 0 Å². The smallest absolute Gasteiger partial charge is 0.254 e. The van der Waals surface area contributed by atoms with Gasteiger partial charge in [-0.1, -0.05) is 0 Å². The summed E-state index contributed by atoms with van der Waals surface area (Å²) in [4.78, 5) is 23.3. The van der Waals surface area contributed by atoms with Gasteiger partial charge < -0.3 is 16.4 Å². The van der Waals surface area contributed by atoms with Crippen molar-refractivity contribution in [1.82, 2.24) is 10.6 Å². The lowest BCUT2D eigenvalue weighted by atomic mass is 10.1. The number of hydrogen-bond acceptors (Lipinski definition) is 3. The van der Waals surface area contributed by atoms with Crippen LogP contribution in [-0.2, 0) is 4.79 Å². The van der Waals surface area contributed by atoms with Crippen molar-refractivity contribution in [3.8, 4) is 0 Å². The topological polar surface area (TPSA) is 84.2 Å². The summed E-state index contributed by atoms with van der Waals surface area (Å²) < 4.78 is 26.1. The summed E-state index contributed by atoms with van der Waals surface area (Å²) in [5, 5.41) is 5.25. The summed E-state index contributed by atoms with van der Waals surface area (Å²) >= 11 is 0. The van der Waals surface area contributed by atoms with Gasteiger partial charge in [0.25, 0.3) is 5.91 Å². The fraction of sp³-hybridized carbons (Fsp3) is 0.467. The minimum absolute atomic E-state index is 0.169. The van der Waals surface area contributed by atoms with Crippen molar-refractivity contribution in [2.45, 2.75) is 32.2 Å². The van der Waals surface area contributed by atoms with E-state index >= 15 is 0 Å². The Morgan fingerprint density at radius 2 is 1.95 bits per heavy atom. The molecular formula is C15H21F2N3O2. The molecule has 0 heterocycles. The van der Waals surface area contributed by atoms with Crippen LogP contribution in [0.15, 0.2) is 18.2 Å². The lowest BCUT2D eigenvalue weighted by Crippen LogP contribution is -2.48. The lowest BCUT2D eigenvalue weighted by Gasteiger charge is -2.24. The molecule has 4 N–H and O–H groups in total. The molecule has 1 aromatic rings. The molecule has 0 aromatic heterocycles. The third-order valence-electron chi connectivity index (χ3n) is 3.03. The van der Waals surface area contributed by atoms with Gasteiger partial charge in [-0.2, -0.15) is 0 Å². The first-order chi connectivity index (χ1) is 10.2. The molecule has 0 radical (unpaired) electrons. The summed E-state index contributed by atoms with van der Waals surface area (Å²) in [6, 6.07) is 2.74. The van der Waals surface area contributed by atoms with Crippen LogP contribution in [0.25, 0.3) is 0 Å². The van der Waals surface area contributed by atoms with Crippen LogP contribution in [0.2, 0.25) is 0 Å². The Hall–Kier alpha value is -2.02. The molecule has 0 saturated heterocycles. The van der Waals surface area contributed by atoms with Crippen LogP contribution in [0.5, 0.6) is 0 Å². The summed E-state index contributed by atoms with van der Waals surface area (Å²) in [5.41, 5.74) is 4.80. The molecule has 1 aromatic carbocycles. The van der Waals surface area contributed by atoms with Gasteiger partial charge in [-0.25, -0.2) is 8.78 Å². The standard InChI is InChI=1S/C15H21F2N3O2/c1-15(2,9-18)20-13(21)4-3-7-19-14(22)11-6-5-10(16)8-12(11)17/h5-6,8H,3-4,7,9,18H2,1-2H3,(H,19,22)(H,20,21). The van der Waals surface area contributed by atoms with E-state index < -0.39 is 23.1 Å². The first-order valence-corrected chi connectivity index (χ1v) is 6.99. The normalized spacial score (nSPS) is 11.1. The third kappa shape index (κ3) is 5.77. The molecular weight excluding hydrogens is 292 g/mol. The summed E-state index contributed by atoms with van der Waals surface area (Å²) in [6.45, 7) is 4.15. The Morgan fingerprint density at radius 1 is 1.27 bits per heavy atom. The highest BCUT2D eigenvalue weighted by atomic mass is 19.1. The number of nitrogens with two attached hydrogens (primary N) is 1. The van der Waals surface area contributed by atoms with Crippen molar-refractivity contribution in [1.29, 1.82) is 0 Å². The van der Waals surface area contributed by atoms with E-state index in [0.717, 1.165) is 12.1 Å². The molecule has 2 amide bonds. The zero-order valence-corrected chi connectivity index (χ0v) is 12.7. The van der Waals surface area contributed by atoms with Gasteiger partial charge in [-0.05, 0) is 32.4 Å².